The summed E-state index contributed by atoms with van der Waals surface area (Å²) in [5.41, 5.74) is 3.14. The van der Waals surface area contributed by atoms with E-state index in [-0.39, 0.29) is 0 Å². The molecule has 0 fully saturated rings. The van der Waals surface area contributed by atoms with Gasteiger partial charge in [-0.2, -0.15) is 0 Å². The van der Waals surface area contributed by atoms with Crippen LogP contribution in [0.25, 0.3) is 0 Å². The maximum atomic E-state index is 3.76. The van der Waals surface area contributed by atoms with Crippen LogP contribution < -0.4 is 0 Å². The minimum absolute atomic E-state index is 1.18. The zero-order valence-electron chi connectivity index (χ0n) is 12.0. The molecule has 0 radical (unpaired) electrons. The summed E-state index contributed by atoms with van der Waals surface area (Å²) in [4.78, 5) is 0. The van der Waals surface area contributed by atoms with Gasteiger partial charge in [0.2, 0.25) is 0 Å². The maximum absolute atomic E-state index is 3.76. The lowest BCUT2D eigenvalue weighted by Gasteiger charge is -2.08. The quantitative estimate of drug-likeness (QED) is 0.365. The van der Waals surface area contributed by atoms with Crippen molar-refractivity contribution in [2.45, 2.75) is 64.7 Å². The van der Waals surface area contributed by atoms with E-state index in [0.717, 1.165) is 0 Å². The predicted molar refractivity (Wildman–Crippen MR) is 82.0 cm³/mol. The zero-order valence-corrected chi connectivity index (χ0v) is 12.0. The van der Waals surface area contributed by atoms with Crippen LogP contribution in [0.1, 0.15) is 63.0 Å². The van der Waals surface area contributed by atoms with Gasteiger partial charge in [0, 0.05) is 0 Å². The molecule has 0 atom stereocenters. The first kappa shape index (κ1) is 15.0. The van der Waals surface area contributed by atoms with Crippen LogP contribution >= 0.6 is 0 Å². The van der Waals surface area contributed by atoms with Gasteiger partial charge in [0.15, 0.2) is 0 Å². The second-order valence-electron chi connectivity index (χ2n) is 5.11. The average Bonchev–Trinajstić information content (AvgIpc) is 2.40. The molecular weight excluding hydrogens is 216 g/mol. The Morgan fingerprint density at radius 1 is 0.889 bits per heavy atom. The molecule has 18 heavy (non-hydrogen) atoms. The summed E-state index contributed by atoms with van der Waals surface area (Å²) in [7, 11) is 0. The number of benzene rings is 1. The van der Waals surface area contributed by atoms with Crippen molar-refractivity contribution in [3.8, 4) is 0 Å². The zero-order chi connectivity index (χ0) is 13.1. The summed E-state index contributed by atoms with van der Waals surface area (Å²) in [5.74, 6) is 0. The molecule has 1 aromatic carbocycles. The van der Waals surface area contributed by atoms with Gasteiger partial charge in [0.05, 0.1) is 0 Å². The van der Waals surface area contributed by atoms with Crippen LogP contribution in [0.3, 0.4) is 0 Å². The molecule has 0 aliphatic heterocycles. The van der Waals surface area contributed by atoms with Gasteiger partial charge in [-0.3, -0.25) is 0 Å². The molecule has 0 spiro atoms. The van der Waals surface area contributed by atoms with Crippen molar-refractivity contribution in [2.24, 2.45) is 0 Å². The molecule has 0 heteroatoms. The highest BCUT2D eigenvalue weighted by Gasteiger charge is 2.00. The van der Waals surface area contributed by atoms with Gasteiger partial charge < -0.3 is 0 Å². The molecule has 0 saturated heterocycles. The third kappa shape index (κ3) is 6.05. The molecule has 0 aromatic heterocycles. The normalized spacial score (nSPS) is 10.5. The molecule has 0 bridgehead atoms. The van der Waals surface area contributed by atoms with E-state index in [2.05, 4.69) is 37.8 Å². The Morgan fingerprint density at radius 3 is 2.17 bits per heavy atom. The standard InChI is InChI=1S/C18H28/c1-3-5-6-7-8-9-10-14-18-16-12-11-15-17(18)13-4-2/h3,11-12,15-16H,1,4-10,13-14H2,2H3. The van der Waals surface area contributed by atoms with Crippen molar-refractivity contribution < 1.29 is 0 Å². The molecule has 1 aromatic rings. The lowest BCUT2D eigenvalue weighted by Crippen LogP contribution is -1.94. The third-order valence-corrected chi connectivity index (χ3v) is 3.49. The highest BCUT2D eigenvalue weighted by atomic mass is 14.1. The summed E-state index contributed by atoms with van der Waals surface area (Å²) in [6.07, 6.45) is 13.7. The molecular formula is C18H28. The van der Waals surface area contributed by atoms with Crippen LogP contribution in [0.4, 0.5) is 0 Å². The first-order valence-electron chi connectivity index (χ1n) is 7.56. The molecule has 1 rings (SSSR count). The maximum Gasteiger partial charge on any atom is -0.0276 e. The van der Waals surface area contributed by atoms with Gasteiger partial charge in [-0.05, 0) is 43.2 Å². The number of rotatable bonds is 10. The molecule has 0 aliphatic rings. The van der Waals surface area contributed by atoms with E-state index < -0.39 is 0 Å². The van der Waals surface area contributed by atoms with Gasteiger partial charge in [-0.25, -0.2) is 0 Å². The van der Waals surface area contributed by atoms with E-state index in [1.165, 1.54) is 57.8 Å². The highest BCUT2D eigenvalue weighted by molar-refractivity contribution is 5.27. The second kappa shape index (κ2) is 9.94. The topological polar surface area (TPSA) is 0 Å². The number of unbranched alkanes of at least 4 members (excludes halogenated alkanes) is 5. The first-order chi connectivity index (χ1) is 8.88. The van der Waals surface area contributed by atoms with Crippen molar-refractivity contribution in [2.75, 3.05) is 0 Å². The SMILES string of the molecule is C=CCCCCCCCc1ccccc1CCC. The predicted octanol–water partition coefficient (Wildman–Crippen LogP) is 5.71. The van der Waals surface area contributed by atoms with Crippen LogP contribution in [0.2, 0.25) is 0 Å². The van der Waals surface area contributed by atoms with E-state index in [1.54, 1.807) is 11.1 Å². The van der Waals surface area contributed by atoms with Gasteiger partial charge in [0.1, 0.15) is 0 Å². The Labute approximate surface area is 113 Å². The lowest BCUT2D eigenvalue weighted by molar-refractivity contribution is 0.616. The van der Waals surface area contributed by atoms with Crippen molar-refractivity contribution in [3.05, 3.63) is 48.0 Å². The number of aryl methyl sites for hydroxylation is 2. The second-order valence-corrected chi connectivity index (χ2v) is 5.11. The highest BCUT2D eigenvalue weighted by Crippen LogP contribution is 2.15. The number of hydrogen-bond acceptors (Lipinski definition) is 0. The summed E-state index contributed by atoms with van der Waals surface area (Å²) in [6, 6.07) is 8.95. The third-order valence-electron chi connectivity index (χ3n) is 3.49. The van der Waals surface area contributed by atoms with Crippen LogP contribution in [-0.2, 0) is 12.8 Å². The van der Waals surface area contributed by atoms with Crippen LogP contribution in [-0.4, -0.2) is 0 Å². The molecule has 0 saturated carbocycles. The van der Waals surface area contributed by atoms with Gasteiger partial charge >= 0.3 is 0 Å². The number of hydrogen-bond donors (Lipinski definition) is 0. The van der Waals surface area contributed by atoms with Gasteiger partial charge in [-0.15, -0.1) is 6.58 Å². The molecule has 0 heterocycles. The Balaban J connectivity index is 2.20. The Hall–Kier alpha value is -1.04. The van der Waals surface area contributed by atoms with Crippen molar-refractivity contribution in [1.82, 2.24) is 0 Å². The molecule has 100 valence electrons. The molecule has 0 N–H and O–H groups in total. The molecule has 0 nitrogen and oxygen atoms in total. The fourth-order valence-electron chi connectivity index (χ4n) is 2.45. The van der Waals surface area contributed by atoms with Crippen molar-refractivity contribution in [3.63, 3.8) is 0 Å². The minimum atomic E-state index is 1.18. The summed E-state index contributed by atoms with van der Waals surface area (Å²) in [6.45, 7) is 6.02. The van der Waals surface area contributed by atoms with E-state index in [9.17, 15) is 0 Å². The molecule has 0 amide bonds. The first-order valence-corrected chi connectivity index (χ1v) is 7.56. The van der Waals surface area contributed by atoms with Crippen LogP contribution in [0, 0.1) is 0 Å². The van der Waals surface area contributed by atoms with Crippen molar-refractivity contribution in [1.29, 1.82) is 0 Å². The largest absolute Gasteiger partial charge is 0.103 e. The van der Waals surface area contributed by atoms with E-state index >= 15 is 0 Å². The minimum Gasteiger partial charge on any atom is -0.103 e. The average molecular weight is 244 g/mol. The lowest BCUT2D eigenvalue weighted by atomic mass is 9.98. The Kier molecular flexibility index (Phi) is 8.29. The van der Waals surface area contributed by atoms with Gasteiger partial charge in [0.25, 0.3) is 0 Å². The van der Waals surface area contributed by atoms with E-state index in [4.69, 9.17) is 0 Å². The van der Waals surface area contributed by atoms with Gasteiger partial charge in [-0.1, -0.05) is 62.9 Å². The Bertz CT molecular complexity index is 325. The summed E-state index contributed by atoms with van der Waals surface area (Å²) in [5, 5.41) is 0. The number of allylic oxidation sites excluding steroid dienone is 1. The molecule has 0 aliphatic carbocycles. The van der Waals surface area contributed by atoms with Crippen LogP contribution in [0.5, 0.6) is 0 Å². The Morgan fingerprint density at radius 2 is 1.50 bits per heavy atom. The van der Waals surface area contributed by atoms with E-state index in [1.807, 2.05) is 6.08 Å². The molecule has 0 unspecified atom stereocenters. The smallest absolute Gasteiger partial charge is 0.0276 e. The van der Waals surface area contributed by atoms with Crippen LogP contribution in [0.15, 0.2) is 36.9 Å². The van der Waals surface area contributed by atoms with E-state index in [0.29, 0.717) is 0 Å². The fourth-order valence-corrected chi connectivity index (χ4v) is 2.45. The summed E-state index contributed by atoms with van der Waals surface area (Å²) >= 11 is 0. The fraction of sp³-hybridized carbons (Fsp3) is 0.556. The summed E-state index contributed by atoms with van der Waals surface area (Å²) < 4.78 is 0. The van der Waals surface area contributed by atoms with Crippen molar-refractivity contribution >= 4 is 0 Å². The monoisotopic (exact) mass is 244 g/mol.